The average Bonchev–Trinajstić information content (AvgIpc) is 3.14. The van der Waals surface area contributed by atoms with Crippen LogP contribution >= 0.6 is 0 Å². The highest BCUT2D eigenvalue weighted by atomic mass is 16.5. The van der Waals surface area contributed by atoms with Crippen LogP contribution < -0.4 is 0 Å². The van der Waals surface area contributed by atoms with Crippen LogP contribution in [0.5, 0.6) is 0 Å². The zero-order valence-corrected chi connectivity index (χ0v) is 22.4. The van der Waals surface area contributed by atoms with Crippen LogP contribution in [0, 0.1) is 52.3 Å². The van der Waals surface area contributed by atoms with Crippen LogP contribution in [0.4, 0.5) is 0 Å². The number of rotatable bonds is 9. The Balaban J connectivity index is 1.38. The van der Waals surface area contributed by atoms with Crippen LogP contribution in [0.1, 0.15) is 112 Å². The lowest BCUT2D eigenvalue weighted by Gasteiger charge is -2.61. The Kier molecular flexibility index (Phi) is 8.24. The largest absolute Gasteiger partial charge is 0.394 e. The van der Waals surface area contributed by atoms with Gasteiger partial charge in [-0.1, -0.05) is 53.9 Å². The molecule has 10 atom stereocenters. The lowest BCUT2D eigenvalue weighted by atomic mass is 9.44. The van der Waals surface area contributed by atoms with E-state index >= 15 is 0 Å². The van der Waals surface area contributed by atoms with Gasteiger partial charge in [0.2, 0.25) is 0 Å². The minimum atomic E-state index is -0.729. The van der Waals surface area contributed by atoms with Gasteiger partial charge in [0.25, 0.3) is 0 Å². The first kappa shape index (κ1) is 26.0. The molecule has 0 heterocycles. The maximum absolute atomic E-state index is 9.69. The van der Waals surface area contributed by atoms with E-state index in [4.69, 9.17) is 9.84 Å². The minimum Gasteiger partial charge on any atom is -0.394 e. The molecule has 0 aliphatic heterocycles. The van der Waals surface area contributed by atoms with Crippen molar-refractivity contribution in [3.8, 4) is 0 Å². The molecule has 4 fully saturated rings. The SMILES string of the molecule is CC(C)CCC[C@@H](C)[C@H]1CC[C@H]2[C@@H]3CC[C@H]4C[C@@H](OCC(O)CO)CC[C@]4(C)[C@H]3CC[C@]12C. The average molecular weight is 463 g/mol. The molecule has 0 saturated heterocycles. The van der Waals surface area contributed by atoms with Gasteiger partial charge in [0, 0.05) is 0 Å². The fourth-order valence-electron chi connectivity index (χ4n) is 9.69. The van der Waals surface area contributed by atoms with Crippen molar-refractivity contribution in [2.45, 2.75) is 124 Å². The van der Waals surface area contributed by atoms with Gasteiger partial charge in [0.15, 0.2) is 0 Å². The summed E-state index contributed by atoms with van der Waals surface area (Å²) in [5.74, 6) is 6.28. The van der Waals surface area contributed by atoms with E-state index in [1.807, 2.05) is 0 Å². The van der Waals surface area contributed by atoms with Gasteiger partial charge >= 0.3 is 0 Å². The first-order valence-electron chi connectivity index (χ1n) is 14.6. The van der Waals surface area contributed by atoms with Crippen molar-refractivity contribution in [3.63, 3.8) is 0 Å². The predicted octanol–water partition coefficient (Wildman–Crippen LogP) is 6.85. The molecular weight excluding hydrogens is 408 g/mol. The van der Waals surface area contributed by atoms with Crippen LogP contribution in [-0.2, 0) is 4.74 Å². The monoisotopic (exact) mass is 462 g/mol. The zero-order valence-electron chi connectivity index (χ0n) is 22.4. The summed E-state index contributed by atoms with van der Waals surface area (Å²) in [6.45, 7) is 12.7. The third kappa shape index (κ3) is 5.08. The maximum Gasteiger partial charge on any atom is 0.100 e. The highest BCUT2D eigenvalue weighted by Crippen LogP contribution is 2.68. The molecule has 0 amide bonds. The van der Waals surface area contributed by atoms with Crippen LogP contribution in [0.3, 0.4) is 0 Å². The number of hydrogen-bond donors (Lipinski definition) is 2. The molecule has 4 aliphatic carbocycles. The van der Waals surface area contributed by atoms with Gasteiger partial charge in [-0.2, -0.15) is 0 Å². The molecule has 0 aromatic rings. The fourth-order valence-corrected chi connectivity index (χ4v) is 9.69. The summed E-state index contributed by atoms with van der Waals surface area (Å²) in [7, 11) is 0. The molecule has 4 rings (SSSR count). The smallest absolute Gasteiger partial charge is 0.100 e. The van der Waals surface area contributed by atoms with E-state index in [-0.39, 0.29) is 19.3 Å². The van der Waals surface area contributed by atoms with Crippen LogP contribution in [-0.4, -0.2) is 35.6 Å². The van der Waals surface area contributed by atoms with Gasteiger partial charge < -0.3 is 14.9 Å². The molecule has 4 saturated carbocycles. The molecule has 0 bridgehead atoms. The summed E-state index contributed by atoms with van der Waals surface area (Å²) >= 11 is 0. The van der Waals surface area contributed by atoms with Crippen molar-refractivity contribution in [3.05, 3.63) is 0 Å². The standard InChI is InChI=1S/C30H54O3/c1-20(2)7-6-8-21(3)26-11-12-27-25-10-9-22-17-24(33-19-23(32)18-31)13-15-29(22,4)28(25)14-16-30(26,27)5/h20-28,31-32H,6-19H2,1-5H3/t21-,22+,23?,24+,25+,26-,27+,28+,29+,30-/m1/s1. The molecule has 0 aromatic heterocycles. The van der Waals surface area contributed by atoms with E-state index < -0.39 is 6.10 Å². The van der Waals surface area contributed by atoms with Crippen LogP contribution in [0.15, 0.2) is 0 Å². The van der Waals surface area contributed by atoms with E-state index in [9.17, 15) is 5.11 Å². The van der Waals surface area contributed by atoms with Crippen molar-refractivity contribution in [2.24, 2.45) is 52.3 Å². The Labute approximate surface area is 204 Å². The maximum atomic E-state index is 9.69. The predicted molar refractivity (Wildman–Crippen MR) is 136 cm³/mol. The number of hydrogen-bond acceptors (Lipinski definition) is 3. The molecule has 0 spiro atoms. The molecule has 4 aliphatic rings. The molecule has 0 radical (unpaired) electrons. The first-order chi connectivity index (χ1) is 15.7. The second kappa shape index (κ2) is 10.5. The summed E-state index contributed by atoms with van der Waals surface area (Å²) in [5, 5.41) is 18.8. The summed E-state index contributed by atoms with van der Waals surface area (Å²) in [6.07, 6.45) is 16.1. The number of aliphatic hydroxyl groups is 2. The summed E-state index contributed by atoms with van der Waals surface area (Å²) in [5.41, 5.74) is 1.07. The van der Waals surface area contributed by atoms with E-state index in [2.05, 4.69) is 34.6 Å². The Morgan fingerprint density at radius 3 is 2.33 bits per heavy atom. The first-order valence-corrected chi connectivity index (χ1v) is 14.6. The van der Waals surface area contributed by atoms with Crippen molar-refractivity contribution in [1.29, 1.82) is 0 Å². The lowest BCUT2D eigenvalue weighted by molar-refractivity contribution is -0.141. The Morgan fingerprint density at radius 2 is 1.61 bits per heavy atom. The van der Waals surface area contributed by atoms with Gasteiger partial charge in [0.1, 0.15) is 6.10 Å². The topological polar surface area (TPSA) is 49.7 Å². The fraction of sp³-hybridized carbons (Fsp3) is 1.00. The van der Waals surface area contributed by atoms with Gasteiger partial charge in [-0.3, -0.25) is 0 Å². The summed E-state index contributed by atoms with van der Waals surface area (Å²) in [6, 6.07) is 0. The molecule has 0 aromatic carbocycles. The third-order valence-corrected chi connectivity index (χ3v) is 11.6. The van der Waals surface area contributed by atoms with Crippen molar-refractivity contribution >= 4 is 0 Å². The third-order valence-electron chi connectivity index (χ3n) is 11.6. The van der Waals surface area contributed by atoms with Crippen molar-refractivity contribution in [1.82, 2.24) is 0 Å². The summed E-state index contributed by atoms with van der Waals surface area (Å²) < 4.78 is 6.03. The molecular formula is C30H54O3. The molecule has 3 nitrogen and oxygen atoms in total. The van der Waals surface area contributed by atoms with Crippen molar-refractivity contribution < 1.29 is 14.9 Å². The number of fused-ring (bicyclic) bond motifs is 5. The summed E-state index contributed by atoms with van der Waals surface area (Å²) in [4.78, 5) is 0. The molecule has 3 heteroatoms. The Bertz CT molecular complexity index is 634. The van der Waals surface area contributed by atoms with Gasteiger partial charge in [-0.15, -0.1) is 0 Å². The number of ether oxygens (including phenoxy) is 1. The highest BCUT2D eigenvalue weighted by Gasteiger charge is 2.60. The Hall–Kier alpha value is -0.120. The molecule has 2 N–H and O–H groups in total. The second-order valence-corrected chi connectivity index (χ2v) is 13.8. The molecule has 33 heavy (non-hydrogen) atoms. The van der Waals surface area contributed by atoms with Crippen LogP contribution in [0.25, 0.3) is 0 Å². The van der Waals surface area contributed by atoms with Crippen molar-refractivity contribution in [2.75, 3.05) is 13.2 Å². The van der Waals surface area contributed by atoms with Crippen LogP contribution in [0.2, 0.25) is 0 Å². The second-order valence-electron chi connectivity index (χ2n) is 13.8. The van der Waals surface area contributed by atoms with Gasteiger partial charge in [-0.25, -0.2) is 0 Å². The quantitative estimate of drug-likeness (QED) is 0.394. The molecule has 192 valence electrons. The van der Waals surface area contributed by atoms with Gasteiger partial charge in [-0.05, 0) is 110 Å². The van der Waals surface area contributed by atoms with E-state index in [1.54, 1.807) is 0 Å². The lowest BCUT2D eigenvalue weighted by Crippen LogP contribution is -2.54. The Morgan fingerprint density at radius 1 is 0.879 bits per heavy atom. The van der Waals surface area contributed by atoms with E-state index in [0.717, 1.165) is 54.3 Å². The normalized spacial score (nSPS) is 44.7. The van der Waals surface area contributed by atoms with E-state index in [1.165, 1.54) is 64.2 Å². The van der Waals surface area contributed by atoms with E-state index in [0.29, 0.717) is 10.8 Å². The zero-order chi connectivity index (χ0) is 23.8. The van der Waals surface area contributed by atoms with Gasteiger partial charge in [0.05, 0.1) is 19.3 Å². The molecule has 1 unspecified atom stereocenters. The number of aliphatic hydroxyl groups excluding tert-OH is 2. The minimum absolute atomic E-state index is 0.199. The highest BCUT2D eigenvalue weighted by molar-refractivity contribution is 5.09.